The molecule has 0 bridgehead atoms. The van der Waals surface area contributed by atoms with Crippen molar-refractivity contribution in [1.82, 2.24) is 15.2 Å². The van der Waals surface area contributed by atoms with Crippen molar-refractivity contribution in [1.29, 1.82) is 0 Å². The quantitative estimate of drug-likeness (QED) is 0.895. The first-order chi connectivity index (χ1) is 9.50. The Morgan fingerprint density at radius 1 is 1.35 bits per heavy atom. The number of methoxy groups -OCH3 is 1. The lowest BCUT2D eigenvalue weighted by Crippen LogP contribution is -2.41. The molecule has 1 N–H and O–H groups in total. The average molecular weight is 277 g/mol. The van der Waals surface area contributed by atoms with E-state index in [0.717, 1.165) is 30.2 Å². The van der Waals surface area contributed by atoms with Crippen LogP contribution in [-0.2, 0) is 6.54 Å². The summed E-state index contributed by atoms with van der Waals surface area (Å²) in [6.45, 7) is 8.66. The molecule has 1 aromatic heterocycles. The Morgan fingerprint density at radius 3 is 2.70 bits per heavy atom. The van der Waals surface area contributed by atoms with E-state index < -0.39 is 0 Å². The molecular weight excluding hydrogens is 250 g/mol. The number of ether oxygens (including phenoxy) is 1. The first-order valence-corrected chi connectivity index (χ1v) is 7.42. The van der Waals surface area contributed by atoms with Crippen molar-refractivity contribution in [2.75, 3.05) is 33.8 Å². The van der Waals surface area contributed by atoms with Crippen LogP contribution in [0.2, 0.25) is 0 Å². The van der Waals surface area contributed by atoms with Crippen LogP contribution in [0, 0.1) is 12.3 Å². The fourth-order valence-corrected chi connectivity index (χ4v) is 2.74. The molecule has 2 heterocycles. The maximum Gasteiger partial charge on any atom is 0.122 e. The Hall–Kier alpha value is -1.13. The number of aryl methyl sites for hydroxylation is 1. The highest BCUT2D eigenvalue weighted by Crippen LogP contribution is 2.29. The van der Waals surface area contributed by atoms with E-state index in [1.165, 1.54) is 25.9 Å². The van der Waals surface area contributed by atoms with Gasteiger partial charge in [0.1, 0.15) is 5.75 Å². The van der Waals surface area contributed by atoms with E-state index in [9.17, 15) is 0 Å². The minimum absolute atomic E-state index is 0.417. The van der Waals surface area contributed by atoms with Crippen molar-refractivity contribution in [3.05, 3.63) is 23.5 Å². The normalized spacial score (nSPS) is 19.0. The van der Waals surface area contributed by atoms with Gasteiger partial charge in [0.05, 0.1) is 12.8 Å². The summed E-state index contributed by atoms with van der Waals surface area (Å²) in [6, 6.07) is 3.97. The van der Waals surface area contributed by atoms with E-state index in [4.69, 9.17) is 4.74 Å². The lowest BCUT2D eigenvalue weighted by Gasteiger charge is -2.38. The smallest absolute Gasteiger partial charge is 0.122 e. The Morgan fingerprint density at radius 2 is 2.05 bits per heavy atom. The van der Waals surface area contributed by atoms with E-state index in [2.05, 4.69) is 29.2 Å². The summed E-state index contributed by atoms with van der Waals surface area (Å²) in [7, 11) is 3.90. The Kier molecular flexibility index (Phi) is 5.00. The van der Waals surface area contributed by atoms with Gasteiger partial charge in [-0.15, -0.1) is 0 Å². The van der Waals surface area contributed by atoms with Gasteiger partial charge in [-0.05, 0) is 45.3 Å². The van der Waals surface area contributed by atoms with E-state index in [-0.39, 0.29) is 0 Å². The summed E-state index contributed by atoms with van der Waals surface area (Å²) >= 11 is 0. The highest BCUT2D eigenvalue weighted by molar-refractivity contribution is 5.26. The number of hydrogen-bond donors (Lipinski definition) is 1. The van der Waals surface area contributed by atoms with Crippen molar-refractivity contribution in [2.24, 2.45) is 5.41 Å². The van der Waals surface area contributed by atoms with E-state index in [1.54, 1.807) is 7.11 Å². The topological polar surface area (TPSA) is 37.4 Å². The molecule has 0 atom stereocenters. The predicted octanol–water partition coefficient (Wildman–Crippen LogP) is 2.22. The Balaban J connectivity index is 1.85. The minimum atomic E-state index is 0.417. The first kappa shape index (κ1) is 15.3. The fourth-order valence-electron chi connectivity index (χ4n) is 2.74. The second-order valence-corrected chi connectivity index (χ2v) is 6.36. The van der Waals surface area contributed by atoms with Crippen molar-refractivity contribution in [3.8, 4) is 5.75 Å². The maximum absolute atomic E-state index is 5.29. The summed E-state index contributed by atoms with van der Waals surface area (Å²) in [5, 5.41) is 3.57. The molecule has 0 aliphatic carbocycles. The van der Waals surface area contributed by atoms with Crippen LogP contribution in [0.15, 0.2) is 12.1 Å². The van der Waals surface area contributed by atoms with Crippen LogP contribution in [0.5, 0.6) is 5.75 Å². The molecule has 4 heteroatoms. The number of rotatable bonds is 5. The monoisotopic (exact) mass is 277 g/mol. The molecule has 1 fully saturated rings. The zero-order valence-electron chi connectivity index (χ0n) is 13.2. The van der Waals surface area contributed by atoms with Gasteiger partial charge < -0.3 is 15.0 Å². The number of nitrogens with one attached hydrogen (secondary N) is 1. The molecule has 4 nitrogen and oxygen atoms in total. The van der Waals surface area contributed by atoms with Gasteiger partial charge in [-0.25, -0.2) is 0 Å². The Bertz CT molecular complexity index is 439. The number of nitrogens with zero attached hydrogens (tertiary/aromatic N) is 2. The second-order valence-electron chi connectivity index (χ2n) is 6.36. The molecule has 112 valence electrons. The molecule has 0 radical (unpaired) electrons. The van der Waals surface area contributed by atoms with E-state index in [0.29, 0.717) is 5.41 Å². The van der Waals surface area contributed by atoms with Gasteiger partial charge in [0.2, 0.25) is 0 Å². The van der Waals surface area contributed by atoms with Gasteiger partial charge in [-0.1, -0.05) is 6.92 Å². The van der Waals surface area contributed by atoms with Crippen LogP contribution in [0.3, 0.4) is 0 Å². The van der Waals surface area contributed by atoms with E-state index in [1.807, 2.05) is 19.1 Å². The SMILES string of the molecule is COc1cc(C)nc(CNCC2(C)CCN(C)CC2)c1. The van der Waals surface area contributed by atoms with Gasteiger partial charge in [-0.3, -0.25) is 4.98 Å². The number of piperidine rings is 1. The summed E-state index contributed by atoms with van der Waals surface area (Å²) < 4.78 is 5.29. The zero-order valence-corrected chi connectivity index (χ0v) is 13.2. The highest BCUT2D eigenvalue weighted by atomic mass is 16.5. The molecule has 0 aromatic carbocycles. The third kappa shape index (κ3) is 4.18. The maximum atomic E-state index is 5.29. The predicted molar refractivity (Wildman–Crippen MR) is 82.1 cm³/mol. The Labute approximate surface area is 122 Å². The molecule has 0 saturated carbocycles. The second kappa shape index (κ2) is 6.55. The van der Waals surface area contributed by atoms with Gasteiger partial charge >= 0.3 is 0 Å². The molecule has 20 heavy (non-hydrogen) atoms. The van der Waals surface area contributed by atoms with Gasteiger partial charge in [0, 0.05) is 30.9 Å². The van der Waals surface area contributed by atoms with Crippen LogP contribution < -0.4 is 10.1 Å². The molecular formula is C16H27N3O. The third-order valence-electron chi connectivity index (χ3n) is 4.27. The van der Waals surface area contributed by atoms with Gasteiger partial charge in [0.25, 0.3) is 0 Å². The van der Waals surface area contributed by atoms with Crippen LogP contribution in [0.4, 0.5) is 0 Å². The molecule has 2 rings (SSSR count). The number of aromatic nitrogens is 1. The van der Waals surface area contributed by atoms with Crippen molar-refractivity contribution < 1.29 is 4.74 Å². The van der Waals surface area contributed by atoms with Crippen LogP contribution in [0.25, 0.3) is 0 Å². The first-order valence-electron chi connectivity index (χ1n) is 7.42. The lowest BCUT2D eigenvalue weighted by atomic mass is 9.80. The molecule has 1 saturated heterocycles. The fraction of sp³-hybridized carbons (Fsp3) is 0.688. The molecule has 0 amide bonds. The van der Waals surface area contributed by atoms with Crippen molar-refractivity contribution in [3.63, 3.8) is 0 Å². The van der Waals surface area contributed by atoms with Crippen molar-refractivity contribution >= 4 is 0 Å². The van der Waals surface area contributed by atoms with Crippen LogP contribution in [-0.4, -0.2) is 43.7 Å². The highest BCUT2D eigenvalue weighted by Gasteiger charge is 2.28. The van der Waals surface area contributed by atoms with Crippen molar-refractivity contribution in [2.45, 2.75) is 33.2 Å². The molecule has 0 spiro atoms. The summed E-state index contributed by atoms with van der Waals surface area (Å²) in [4.78, 5) is 6.96. The molecule has 1 aliphatic rings. The molecule has 1 aliphatic heterocycles. The van der Waals surface area contributed by atoms with Gasteiger partial charge in [0.15, 0.2) is 0 Å². The number of pyridine rings is 1. The average Bonchev–Trinajstić information content (AvgIpc) is 2.42. The van der Waals surface area contributed by atoms with Crippen LogP contribution in [0.1, 0.15) is 31.2 Å². The molecule has 1 aromatic rings. The minimum Gasteiger partial charge on any atom is -0.497 e. The van der Waals surface area contributed by atoms with Crippen LogP contribution >= 0.6 is 0 Å². The summed E-state index contributed by atoms with van der Waals surface area (Å²) in [6.07, 6.45) is 2.53. The largest absolute Gasteiger partial charge is 0.497 e. The third-order valence-corrected chi connectivity index (χ3v) is 4.27. The molecule has 0 unspecified atom stereocenters. The van der Waals surface area contributed by atoms with E-state index >= 15 is 0 Å². The summed E-state index contributed by atoms with van der Waals surface area (Å²) in [5.41, 5.74) is 2.48. The number of likely N-dealkylation sites (tertiary alicyclic amines) is 1. The zero-order chi connectivity index (χ0) is 14.6. The standard InChI is InChI=1S/C16H27N3O/c1-13-9-15(20-4)10-14(18-13)11-17-12-16(2)5-7-19(3)8-6-16/h9-10,17H,5-8,11-12H2,1-4H3. The van der Waals surface area contributed by atoms with Gasteiger partial charge in [-0.2, -0.15) is 0 Å². The number of hydrogen-bond acceptors (Lipinski definition) is 4. The summed E-state index contributed by atoms with van der Waals surface area (Å²) in [5.74, 6) is 0.889. The lowest BCUT2D eigenvalue weighted by molar-refractivity contribution is 0.136.